The van der Waals surface area contributed by atoms with Crippen LogP contribution in [0.25, 0.3) is 0 Å². The molecule has 2 aromatic rings. The standard InChI is InChI=1S/C23H27N3O2S/c1-5-13-26-22(28)20(14-21(27)24-18-11-7-6-9-16(18)3)29-23(26)25-19-12-8-10-15(2)17(19)4/h6-12,20H,5,13-14H2,1-4H3,(H,24,27)/t20-/m1/s1. The van der Waals surface area contributed by atoms with Crippen LogP contribution >= 0.6 is 11.8 Å². The molecule has 0 bridgehead atoms. The normalized spacial score (nSPS) is 17.8. The summed E-state index contributed by atoms with van der Waals surface area (Å²) in [5.41, 5.74) is 4.91. The van der Waals surface area contributed by atoms with Crippen molar-refractivity contribution in [3.8, 4) is 0 Å². The lowest BCUT2D eigenvalue weighted by atomic mass is 10.1. The van der Waals surface area contributed by atoms with E-state index < -0.39 is 5.25 Å². The first-order valence-corrected chi connectivity index (χ1v) is 10.8. The molecule has 1 heterocycles. The van der Waals surface area contributed by atoms with Crippen molar-refractivity contribution in [3.63, 3.8) is 0 Å². The minimum atomic E-state index is -0.450. The molecule has 0 aromatic heterocycles. The Morgan fingerprint density at radius 3 is 2.55 bits per heavy atom. The average Bonchev–Trinajstić information content (AvgIpc) is 2.96. The van der Waals surface area contributed by atoms with Gasteiger partial charge >= 0.3 is 0 Å². The Labute approximate surface area is 176 Å². The number of benzene rings is 2. The van der Waals surface area contributed by atoms with Crippen molar-refractivity contribution < 1.29 is 9.59 Å². The van der Waals surface area contributed by atoms with Crippen LogP contribution in [-0.2, 0) is 9.59 Å². The van der Waals surface area contributed by atoms with Crippen LogP contribution in [-0.4, -0.2) is 33.7 Å². The molecule has 1 fully saturated rings. The number of amides is 2. The van der Waals surface area contributed by atoms with Crippen molar-refractivity contribution in [1.29, 1.82) is 0 Å². The Balaban J connectivity index is 1.78. The molecule has 29 heavy (non-hydrogen) atoms. The highest BCUT2D eigenvalue weighted by Crippen LogP contribution is 2.33. The van der Waals surface area contributed by atoms with Gasteiger partial charge in [0.15, 0.2) is 5.17 Å². The quantitative estimate of drug-likeness (QED) is 0.732. The number of thioether (sulfide) groups is 1. The molecule has 1 atom stereocenters. The van der Waals surface area contributed by atoms with Crippen LogP contribution in [0.3, 0.4) is 0 Å². The van der Waals surface area contributed by atoms with Crippen molar-refractivity contribution in [2.24, 2.45) is 4.99 Å². The van der Waals surface area contributed by atoms with Crippen LogP contribution in [0.2, 0.25) is 0 Å². The van der Waals surface area contributed by atoms with Gasteiger partial charge in [0.2, 0.25) is 11.8 Å². The number of rotatable bonds is 6. The number of nitrogens with one attached hydrogen (secondary N) is 1. The highest BCUT2D eigenvalue weighted by Gasteiger charge is 2.38. The third-order valence-corrected chi connectivity index (χ3v) is 6.22. The zero-order valence-electron chi connectivity index (χ0n) is 17.4. The largest absolute Gasteiger partial charge is 0.326 e. The van der Waals surface area contributed by atoms with E-state index in [9.17, 15) is 9.59 Å². The molecule has 2 amide bonds. The van der Waals surface area contributed by atoms with Crippen LogP contribution in [0.15, 0.2) is 47.5 Å². The maximum Gasteiger partial charge on any atom is 0.242 e. The molecule has 0 unspecified atom stereocenters. The highest BCUT2D eigenvalue weighted by atomic mass is 32.2. The van der Waals surface area contributed by atoms with Gasteiger partial charge in [-0.15, -0.1) is 0 Å². The van der Waals surface area contributed by atoms with Gasteiger partial charge in [0.05, 0.1) is 5.69 Å². The molecule has 1 N–H and O–H groups in total. The topological polar surface area (TPSA) is 61.8 Å². The van der Waals surface area contributed by atoms with Crippen molar-refractivity contribution >= 4 is 40.1 Å². The third kappa shape index (κ3) is 4.88. The molecule has 152 valence electrons. The van der Waals surface area contributed by atoms with Gasteiger partial charge in [-0.3, -0.25) is 14.5 Å². The molecular weight excluding hydrogens is 382 g/mol. The van der Waals surface area contributed by atoms with E-state index in [0.717, 1.165) is 34.5 Å². The minimum absolute atomic E-state index is 0.0409. The highest BCUT2D eigenvalue weighted by molar-refractivity contribution is 8.15. The summed E-state index contributed by atoms with van der Waals surface area (Å²) in [4.78, 5) is 32.0. The Kier molecular flexibility index (Phi) is 6.75. The second-order valence-electron chi connectivity index (χ2n) is 7.28. The number of para-hydroxylation sites is 1. The summed E-state index contributed by atoms with van der Waals surface area (Å²) in [6.45, 7) is 8.67. The van der Waals surface area contributed by atoms with Gasteiger partial charge in [-0.2, -0.15) is 0 Å². The molecule has 1 saturated heterocycles. The van der Waals surface area contributed by atoms with Crippen LogP contribution < -0.4 is 5.32 Å². The fraction of sp³-hybridized carbons (Fsp3) is 0.348. The summed E-state index contributed by atoms with van der Waals surface area (Å²) in [5.74, 6) is -0.199. The summed E-state index contributed by atoms with van der Waals surface area (Å²) >= 11 is 1.38. The fourth-order valence-corrected chi connectivity index (χ4v) is 4.37. The smallest absolute Gasteiger partial charge is 0.242 e. The first-order chi connectivity index (χ1) is 13.9. The Morgan fingerprint density at radius 1 is 1.10 bits per heavy atom. The van der Waals surface area contributed by atoms with Gasteiger partial charge in [0.1, 0.15) is 5.25 Å². The lowest BCUT2D eigenvalue weighted by Crippen LogP contribution is -2.34. The molecular formula is C23H27N3O2S. The number of carbonyl (C=O) groups is 2. The Hall–Kier alpha value is -2.60. The number of hydrogen-bond acceptors (Lipinski definition) is 4. The number of aryl methyl sites for hydroxylation is 2. The van der Waals surface area contributed by atoms with E-state index in [-0.39, 0.29) is 18.2 Å². The lowest BCUT2D eigenvalue weighted by molar-refractivity contribution is -0.128. The number of anilines is 1. The van der Waals surface area contributed by atoms with Gasteiger partial charge in [-0.1, -0.05) is 49.0 Å². The number of hydrogen-bond donors (Lipinski definition) is 1. The van der Waals surface area contributed by atoms with Crippen molar-refractivity contribution in [3.05, 3.63) is 59.2 Å². The maximum atomic E-state index is 12.9. The second-order valence-corrected chi connectivity index (χ2v) is 8.45. The van der Waals surface area contributed by atoms with E-state index in [2.05, 4.69) is 18.3 Å². The van der Waals surface area contributed by atoms with Crippen molar-refractivity contribution in [1.82, 2.24) is 4.90 Å². The van der Waals surface area contributed by atoms with Gasteiger partial charge in [0.25, 0.3) is 0 Å². The number of carbonyl (C=O) groups excluding carboxylic acids is 2. The van der Waals surface area contributed by atoms with Crippen molar-refractivity contribution in [2.45, 2.75) is 45.8 Å². The fourth-order valence-electron chi connectivity index (χ4n) is 3.20. The zero-order valence-corrected chi connectivity index (χ0v) is 18.2. The van der Waals surface area contributed by atoms with E-state index in [1.807, 2.05) is 57.2 Å². The van der Waals surface area contributed by atoms with E-state index in [4.69, 9.17) is 4.99 Å². The predicted octanol–water partition coefficient (Wildman–Crippen LogP) is 4.98. The summed E-state index contributed by atoms with van der Waals surface area (Å²) in [7, 11) is 0. The minimum Gasteiger partial charge on any atom is -0.326 e. The van der Waals surface area contributed by atoms with Gasteiger partial charge in [-0.05, 0) is 56.0 Å². The van der Waals surface area contributed by atoms with E-state index in [1.165, 1.54) is 11.8 Å². The summed E-state index contributed by atoms with van der Waals surface area (Å²) in [5, 5.41) is 3.15. The molecule has 5 nitrogen and oxygen atoms in total. The SMILES string of the molecule is CCCN1C(=O)[C@@H](CC(=O)Nc2ccccc2C)SC1=Nc1cccc(C)c1C. The van der Waals surface area contributed by atoms with Crippen molar-refractivity contribution in [2.75, 3.05) is 11.9 Å². The van der Waals surface area contributed by atoms with E-state index >= 15 is 0 Å². The molecule has 1 aliphatic heterocycles. The third-order valence-electron chi connectivity index (χ3n) is 5.05. The molecule has 6 heteroatoms. The lowest BCUT2D eigenvalue weighted by Gasteiger charge is -2.15. The summed E-state index contributed by atoms with van der Waals surface area (Å²) in [6.07, 6.45) is 0.962. The van der Waals surface area contributed by atoms with Gasteiger partial charge in [0, 0.05) is 18.7 Å². The molecule has 0 aliphatic carbocycles. The van der Waals surface area contributed by atoms with Crippen LogP contribution in [0.5, 0.6) is 0 Å². The zero-order chi connectivity index (χ0) is 21.0. The first-order valence-electron chi connectivity index (χ1n) is 9.89. The monoisotopic (exact) mass is 409 g/mol. The van der Waals surface area contributed by atoms with Crippen LogP contribution in [0, 0.1) is 20.8 Å². The summed E-state index contributed by atoms with van der Waals surface area (Å²) < 4.78 is 0. The second kappa shape index (κ2) is 9.27. The van der Waals surface area contributed by atoms with E-state index in [1.54, 1.807) is 4.90 Å². The molecule has 0 spiro atoms. The number of aliphatic imine (C=N–C) groups is 1. The maximum absolute atomic E-state index is 12.9. The molecule has 0 radical (unpaired) electrons. The Bertz CT molecular complexity index is 955. The molecule has 2 aromatic carbocycles. The van der Waals surface area contributed by atoms with Gasteiger partial charge < -0.3 is 5.32 Å². The average molecular weight is 410 g/mol. The van der Waals surface area contributed by atoms with E-state index in [0.29, 0.717) is 11.7 Å². The first kappa shape index (κ1) is 21.1. The van der Waals surface area contributed by atoms with Crippen LogP contribution in [0.4, 0.5) is 11.4 Å². The van der Waals surface area contributed by atoms with Crippen LogP contribution in [0.1, 0.15) is 36.5 Å². The Morgan fingerprint density at radius 2 is 1.83 bits per heavy atom. The molecule has 0 saturated carbocycles. The molecule has 1 aliphatic rings. The summed E-state index contributed by atoms with van der Waals surface area (Å²) in [6, 6.07) is 13.6. The number of amidine groups is 1. The van der Waals surface area contributed by atoms with Gasteiger partial charge in [-0.25, -0.2) is 4.99 Å². The number of nitrogens with zero attached hydrogens (tertiary/aromatic N) is 2. The predicted molar refractivity (Wildman–Crippen MR) is 121 cm³/mol. The molecule has 3 rings (SSSR count).